The van der Waals surface area contributed by atoms with E-state index in [1.807, 2.05) is 12.1 Å². The average Bonchev–Trinajstić information content (AvgIpc) is 3.36. The van der Waals surface area contributed by atoms with Gasteiger partial charge in [-0.3, -0.25) is 14.9 Å². The van der Waals surface area contributed by atoms with Gasteiger partial charge in [0.25, 0.3) is 0 Å². The van der Waals surface area contributed by atoms with Gasteiger partial charge in [-0.2, -0.15) is 10.4 Å². The molecular formula is C20H18N8O. The molecule has 0 aliphatic rings. The number of nitrogens with one attached hydrogen (secondary N) is 3. The third-order valence-electron chi connectivity index (χ3n) is 4.38. The van der Waals surface area contributed by atoms with Crippen LogP contribution < -0.4 is 5.32 Å². The first kappa shape index (κ1) is 18.3. The molecule has 0 spiro atoms. The summed E-state index contributed by atoms with van der Waals surface area (Å²) in [5, 5.41) is 19.4. The molecule has 0 fully saturated rings. The molecule has 0 radical (unpaired) electrons. The molecule has 0 aliphatic carbocycles. The first-order valence-corrected chi connectivity index (χ1v) is 8.95. The second kappa shape index (κ2) is 7.16. The van der Waals surface area contributed by atoms with Crippen molar-refractivity contribution < 1.29 is 4.79 Å². The Morgan fingerprint density at radius 3 is 2.83 bits per heavy atom. The summed E-state index contributed by atoms with van der Waals surface area (Å²) in [6.45, 7) is 3.43. The number of pyridine rings is 1. The van der Waals surface area contributed by atoms with Crippen molar-refractivity contribution in [2.24, 2.45) is 5.41 Å². The predicted molar refractivity (Wildman–Crippen MR) is 107 cm³/mol. The number of amides is 1. The van der Waals surface area contributed by atoms with E-state index in [1.54, 1.807) is 38.6 Å². The molecule has 144 valence electrons. The Hall–Kier alpha value is -4.06. The van der Waals surface area contributed by atoms with Gasteiger partial charge in [0.05, 0.1) is 41.5 Å². The van der Waals surface area contributed by atoms with Crippen molar-refractivity contribution in [2.75, 3.05) is 5.32 Å². The van der Waals surface area contributed by atoms with Gasteiger partial charge in [-0.05, 0) is 26.0 Å². The number of aromatic amines is 2. The topological polar surface area (TPSA) is 136 Å². The number of carbonyl (C=O) groups is 1. The molecule has 0 aliphatic heterocycles. The molecule has 29 heavy (non-hydrogen) atoms. The lowest BCUT2D eigenvalue weighted by Crippen LogP contribution is -2.21. The molecule has 0 saturated carbocycles. The number of carbonyl (C=O) groups excluding carboxylic acids is 1. The van der Waals surface area contributed by atoms with Crippen molar-refractivity contribution in [1.29, 1.82) is 5.26 Å². The number of nitrogens with zero attached hydrogens (tertiary/aromatic N) is 5. The second-order valence-corrected chi connectivity index (χ2v) is 7.34. The lowest BCUT2D eigenvalue weighted by atomic mass is 9.91. The van der Waals surface area contributed by atoms with Crippen LogP contribution in [0.3, 0.4) is 0 Å². The van der Waals surface area contributed by atoms with Gasteiger partial charge in [0.2, 0.25) is 5.91 Å². The summed E-state index contributed by atoms with van der Waals surface area (Å²) in [6.07, 6.45) is 8.39. The number of nitriles is 1. The number of hydrogen-bond donors (Lipinski definition) is 3. The largest absolute Gasteiger partial charge is 0.339 e. The summed E-state index contributed by atoms with van der Waals surface area (Å²) < 4.78 is 0. The highest BCUT2D eigenvalue weighted by atomic mass is 16.1. The Kier molecular flexibility index (Phi) is 4.52. The van der Waals surface area contributed by atoms with Crippen LogP contribution in [0.1, 0.15) is 20.3 Å². The van der Waals surface area contributed by atoms with E-state index >= 15 is 0 Å². The molecule has 9 nitrogen and oxygen atoms in total. The standard InChI is InChI=1S/C20H18N8O/c1-20(2,11-21)5-18(29)28-17-10-22-9-16(26-17)13-3-12-4-15(14-7-24-25-8-14)27-19(12)23-6-13/h3-4,6-10H,5H2,1-2H3,(H,23,27)(H,24,25)(H,26,28,29). The second-order valence-electron chi connectivity index (χ2n) is 7.34. The Morgan fingerprint density at radius 2 is 2.07 bits per heavy atom. The maximum Gasteiger partial charge on any atom is 0.227 e. The van der Waals surface area contributed by atoms with E-state index in [0.29, 0.717) is 11.5 Å². The molecule has 1 amide bonds. The fraction of sp³-hybridized carbons (Fsp3) is 0.200. The zero-order valence-corrected chi connectivity index (χ0v) is 15.9. The van der Waals surface area contributed by atoms with E-state index in [4.69, 9.17) is 5.26 Å². The van der Waals surface area contributed by atoms with Crippen molar-refractivity contribution in [3.63, 3.8) is 0 Å². The van der Waals surface area contributed by atoms with Gasteiger partial charge in [-0.15, -0.1) is 0 Å². The Morgan fingerprint density at radius 1 is 1.21 bits per heavy atom. The molecule has 4 aromatic rings. The summed E-state index contributed by atoms with van der Waals surface area (Å²) in [6, 6.07) is 6.05. The lowest BCUT2D eigenvalue weighted by Gasteiger charge is -2.14. The maximum absolute atomic E-state index is 12.2. The van der Waals surface area contributed by atoms with Crippen LogP contribution in [0.2, 0.25) is 0 Å². The number of H-pyrrole nitrogens is 2. The van der Waals surface area contributed by atoms with Crippen LogP contribution in [-0.4, -0.2) is 36.0 Å². The van der Waals surface area contributed by atoms with Gasteiger partial charge in [0, 0.05) is 35.3 Å². The summed E-state index contributed by atoms with van der Waals surface area (Å²) in [5.41, 5.74) is 3.21. The van der Waals surface area contributed by atoms with E-state index in [1.165, 1.54) is 6.20 Å². The molecule has 0 bridgehead atoms. The number of anilines is 1. The number of aromatic nitrogens is 6. The summed E-state index contributed by atoms with van der Waals surface area (Å²) in [7, 11) is 0. The van der Waals surface area contributed by atoms with Crippen LogP contribution in [0.4, 0.5) is 5.82 Å². The van der Waals surface area contributed by atoms with Crippen molar-refractivity contribution in [1.82, 2.24) is 30.1 Å². The molecule has 4 rings (SSSR count). The minimum Gasteiger partial charge on any atom is -0.339 e. The van der Waals surface area contributed by atoms with E-state index < -0.39 is 5.41 Å². The molecule has 9 heteroatoms. The zero-order chi connectivity index (χ0) is 20.4. The van der Waals surface area contributed by atoms with Gasteiger partial charge in [-0.1, -0.05) is 0 Å². The van der Waals surface area contributed by atoms with Crippen LogP contribution >= 0.6 is 0 Å². The molecule has 0 saturated heterocycles. The maximum atomic E-state index is 12.2. The number of rotatable bonds is 5. The fourth-order valence-corrected chi connectivity index (χ4v) is 2.90. The summed E-state index contributed by atoms with van der Waals surface area (Å²) >= 11 is 0. The molecule has 0 atom stereocenters. The van der Waals surface area contributed by atoms with Crippen molar-refractivity contribution >= 4 is 22.8 Å². The Balaban J connectivity index is 1.58. The molecule has 4 heterocycles. The zero-order valence-electron chi connectivity index (χ0n) is 15.9. The van der Waals surface area contributed by atoms with E-state index in [2.05, 4.69) is 41.5 Å². The third kappa shape index (κ3) is 3.96. The SMILES string of the molecule is CC(C)(C#N)CC(=O)Nc1cncc(-c2cnc3[nH]c(-c4cn[nH]c4)cc3c2)n1. The highest BCUT2D eigenvalue weighted by Gasteiger charge is 2.21. The van der Waals surface area contributed by atoms with E-state index in [9.17, 15) is 4.79 Å². The normalized spacial score (nSPS) is 11.3. The van der Waals surface area contributed by atoms with E-state index in [-0.39, 0.29) is 12.3 Å². The van der Waals surface area contributed by atoms with Gasteiger partial charge < -0.3 is 10.3 Å². The molecule has 3 N–H and O–H groups in total. The molecule has 0 aromatic carbocycles. The third-order valence-corrected chi connectivity index (χ3v) is 4.38. The van der Waals surface area contributed by atoms with Crippen molar-refractivity contribution in [3.8, 4) is 28.6 Å². The first-order valence-electron chi connectivity index (χ1n) is 8.95. The molecule has 0 unspecified atom stereocenters. The van der Waals surface area contributed by atoms with Crippen LogP contribution in [0, 0.1) is 16.7 Å². The van der Waals surface area contributed by atoms with Gasteiger partial charge >= 0.3 is 0 Å². The van der Waals surface area contributed by atoms with Crippen LogP contribution in [0.5, 0.6) is 0 Å². The monoisotopic (exact) mass is 386 g/mol. The highest BCUT2D eigenvalue weighted by molar-refractivity contribution is 5.91. The molecule has 4 aromatic heterocycles. The predicted octanol–water partition coefficient (Wildman–Crippen LogP) is 3.29. The van der Waals surface area contributed by atoms with Gasteiger partial charge in [0.15, 0.2) is 5.82 Å². The van der Waals surface area contributed by atoms with Crippen LogP contribution in [0.15, 0.2) is 43.1 Å². The quantitative estimate of drug-likeness (QED) is 0.481. The van der Waals surface area contributed by atoms with Crippen molar-refractivity contribution in [2.45, 2.75) is 20.3 Å². The number of fused-ring (bicyclic) bond motifs is 1. The Labute approximate surface area is 166 Å². The number of hydrogen-bond acceptors (Lipinski definition) is 6. The Bertz CT molecular complexity index is 1220. The lowest BCUT2D eigenvalue weighted by molar-refractivity contribution is -0.117. The fourth-order valence-electron chi connectivity index (χ4n) is 2.90. The smallest absolute Gasteiger partial charge is 0.227 e. The summed E-state index contributed by atoms with van der Waals surface area (Å²) in [5.74, 6) is 0.0430. The van der Waals surface area contributed by atoms with Crippen molar-refractivity contribution in [3.05, 3.63) is 43.1 Å². The molecular weight excluding hydrogens is 368 g/mol. The highest BCUT2D eigenvalue weighted by Crippen LogP contribution is 2.26. The van der Waals surface area contributed by atoms with Crippen LogP contribution in [-0.2, 0) is 4.79 Å². The van der Waals surface area contributed by atoms with E-state index in [0.717, 1.165) is 27.9 Å². The first-order chi connectivity index (χ1) is 13.9. The van der Waals surface area contributed by atoms with Gasteiger partial charge in [0.1, 0.15) is 5.65 Å². The minimum atomic E-state index is -0.745. The average molecular weight is 386 g/mol. The van der Waals surface area contributed by atoms with Crippen LogP contribution in [0.25, 0.3) is 33.5 Å². The summed E-state index contributed by atoms with van der Waals surface area (Å²) in [4.78, 5) is 28.5. The van der Waals surface area contributed by atoms with Gasteiger partial charge in [-0.25, -0.2) is 9.97 Å². The minimum absolute atomic E-state index is 0.0725.